The molecule has 5 nitrogen and oxygen atoms in total. The van der Waals surface area contributed by atoms with Crippen LogP contribution >= 0.6 is 11.3 Å². The summed E-state index contributed by atoms with van der Waals surface area (Å²) in [6.45, 7) is 9.67. The molecule has 1 fully saturated rings. The second-order valence-electron chi connectivity index (χ2n) is 6.14. The molecule has 0 aliphatic carbocycles. The number of aryl methyl sites for hydroxylation is 2. The Morgan fingerprint density at radius 3 is 2.82 bits per heavy atom. The number of aromatic nitrogens is 1. The molecule has 0 spiro atoms. The minimum atomic E-state index is 0.291. The number of nitrogens with one attached hydrogen (secondary N) is 1. The standard InChI is InChI=1S/C16H24N4OS/c1-4-19-7-5-6-12(19)8-20-9-13(21)14(15(20)17)16-18-10(2)11(3)22-16/h12,17,21H,4-9H2,1-3H3. The van der Waals surface area contributed by atoms with Gasteiger partial charge in [-0.25, -0.2) is 4.98 Å². The van der Waals surface area contributed by atoms with Crippen molar-refractivity contribution in [3.63, 3.8) is 0 Å². The molecule has 1 unspecified atom stereocenters. The van der Waals surface area contributed by atoms with Crippen molar-refractivity contribution in [1.29, 1.82) is 5.41 Å². The van der Waals surface area contributed by atoms with Gasteiger partial charge in [0.15, 0.2) is 0 Å². The van der Waals surface area contributed by atoms with Gasteiger partial charge < -0.3 is 10.0 Å². The van der Waals surface area contributed by atoms with Crippen LogP contribution in [0.3, 0.4) is 0 Å². The predicted molar refractivity (Wildman–Crippen MR) is 90.7 cm³/mol. The van der Waals surface area contributed by atoms with E-state index >= 15 is 0 Å². The average Bonchev–Trinajstić information content (AvgIpc) is 3.12. The number of rotatable bonds is 4. The van der Waals surface area contributed by atoms with Gasteiger partial charge in [-0.05, 0) is 39.8 Å². The molecular formula is C16H24N4OS. The second-order valence-corrected chi connectivity index (χ2v) is 7.34. The number of aliphatic hydroxyl groups excluding tert-OH is 1. The van der Waals surface area contributed by atoms with Crippen LogP contribution in [-0.2, 0) is 0 Å². The maximum Gasteiger partial charge on any atom is 0.135 e. The molecule has 1 saturated heterocycles. The smallest absolute Gasteiger partial charge is 0.135 e. The van der Waals surface area contributed by atoms with Crippen LogP contribution in [0.5, 0.6) is 0 Å². The summed E-state index contributed by atoms with van der Waals surface area (Å²) < 4.78 is 0. The maximum atomic E-state index is 10.3. The van der Waals surface area contributed by atoms with Crippen molar-refractivity contribution in [2.75, 3.05) is 26.2 Å². The first-order chi connectivity index (χ1) is 10.5. The van der Waals surface area contributed by atoms with E-state index in [2.05, 4.69) is 16.8 Å². The molecule has 120 valence electrons. The van der Waals surface area contributed by atoms with Gasteiger partial charge in [0, 0.05) is 17.5 Å². The lowest BCUT2D eigenvalue weighted by atomic mass is 10.2. The molecule has 3 rings (SSSR count). The van der Waals surface area contributed by atoms with Gasteiger partial charge in [-0.3, -0.25) is 10.3 Å². The Hall–Kier alpha value is -1.40. The molecular weight excluding hydrogens is 296 g/mol. The fourth-order valence-corrected chi connectivity index (χ4v) is 4.35. The van der Waals surface area contributed by atoms with Crippen molar-refractivity contribution >= 4 is 22.7 Å². The van der Waals surface area contributed by atoms with Crippen LogP contribution in [-0.4, -0.2) is 57.9 Å². The third-order valence-electron chi connectivity index (χ3n) is 4.76. The zero-order valence-electron chi connectivity index (χ0n) is 13.5. The highest BCUT2D eigenvalue weighted by atomic mass is 32.1. The first-order valence-electron chi connectivity index (χ1n) is 7.95. The lowest BCUT2D eigenvalue weighted by molar-refractivity contribution is 0.222. The molecule has 2 aliphatic rings. The molecule has 2 N–H and O–H groups in total. The van der Waals surface area contributed by atoms with Crippen LogP contribution < -0.4 is 0 Å². The molecule has 0 aromatic carbocycles. The Balaban J connectivity index is 1.75. The lowest BCUT2D eigenvalue weighted by Crippen LogP contribution is -2.41. The summed E-state index contributed by atoms with van der Waals surface area (Å²) in [5, 5.41) is 19.6. The maximum absolute atomic E-state index is 10.3. The molecule has 1 aromatic rings. The lowest BCUT2D eigenvalue weighted by Gasteiger charge is -2.28. The first-order valence-corrected chi connectivity index (χ1v) is 8.77. The topological polar surface area (TPSA) is 63.5 Å². The highest BCUT2D eigenvalue weighted by molar-refractivity contribution is 7.13. The van der Waals surface area contributed by atoms with E-state index in [1.807, 2.05) is 18.7 Å². The molecule has 2 aliphatic heterocycles. The van der Waals surface area contributed by atoms with Crippen LogP contribution in [0.15, 0.2) is 5.76 Å². The number of thiazole rings is 1. The minimum absolute atomic E-state index is 0.291. The zero-order chi connectivity index (χ0) is 15.9. The third kappa shape index (κ3) is 2.65. The number of likely N-dealkylation sites (N-methyl/N-ethyl adjacent to an activating group) is 1. The Morgan fingerprint density at radius 2 is 2.18 bits per heavy atom. The van der Waals surface area contributed by atoms with Crippen LogP contribution in [0.25, 0.3) is 5.57 Å². The normalized spacial score (nSPS) is 23.1. The monoisotopic (exact) mass is 320 g/mol. The molecule has 22 heavy (non-hydrogen) atoms. The van der Waals surface area contributed by atoms with Crippen molar-refractivity contribution in [3.8, 4) is 0 Å². The highest BCUT2D eigenvalue weighted by Crippen LogP contribution is 2.32. The van der Waals surface area contributed by atoms with E-state index in [9.17, 15) is 5.11 Å². The predicted octanol–water partition coefficient (Wildman–Crippen LogP) is 2.81. The van der Waals surface area contributed by atoms with Gasteiger partial charge in [0.25, 0.3) is 0 Å². The van der Waals surface area contributed by atoms with E-state index in [-0.39, 0.29) is 0 Å². The minimum Gasteiger partial charge on any atom is -0.510 e. The Bertz CT molecular complexity index is 602. The first kappa shape index (κ1) is 15.5. The van der Waals surface area contributed by atoms with E-state index in [0.29, 0.717) is 29.8 Å². The second kappa shape index (κ2) is 6.01. The summed E-state index contributed by atoms with van der Waals surface area (Å²) >= 11 is 1.56. The Morgan fingerprint density at radius 1 is 1.41 bits per heavy atom. The summed E-state index contributed by atoms with van der Waals surface area (Å²) in [7, 11) is 0. The molecule has 6 heteroatoms. The SMILES string of the molecule is CCN1CCCC1CN1CC(O)=C(c2nc(C)c(C)s2)C1=N. The Kier molecular flexibility index (Phi) is 4.23. The third-order valence-corrected chi connectivity index (χ3v) is 5.85. The van der Waals surface area contributed by atoms with E-state index in [1.165, 1.54) is 12.8 Å². The highest BCUT2D eigenvalue weighted by Gasteiger charge is 2.34. The summed E-state index contributed by atoms with van der Waals surface area (Å²) in [6, 6.07) is 0.497. The van der Waals surface area contributed by atoms with Gasteiger partial charge in [0.05, 0.1) is 17.8 Å². The van der Waals surface area contributed by atoms with Crippen LogP contribution in [0.4, 0.5) is 0 Å². The van der Waals surface area contributed by atoms with Gasteiger partial charge in [0.1, 0.15) is 16.6 Å². The molecule has 0 amide bonds. The fraction of sp³-hybridized carbons (Fsp3) is 0.625. The fourth-order valence-electron chi connectivity index (χ4n) is 3.37. The molecule has 1 atom stereocenters. The number of nitrogens with zero attached hydrogens (tertiary/aromatic N) is 3. The summed E-state index contributed by atoms with van der Waals surface area (Å²) in [5.41, 5.74) is 1.61. The summed E-state index contributed by atoms with van der Waals surface area (Å²) in [5.74, 6) is 0.717. The van der Waals surface area contributed by atoms with Crippen LogP contribution in [0.1, 0.15) is 35.3 Å². The van der Waals surface area contributed by atoms with Gasteiger partial charge in [-0.15, -0.1) is 11.3 Å². The number of amidine groups is 1. The van der Waals surface area contributed by atoms with Crippen LogP contribution in [0.2, 0.25) is 0 Å². The quantitative estimate of drug-likeness (QED) is 0.895. The molecule has 0 bridgehead atoms. The average molecular weight is 320 g/mol. The Labute approximate surface area is 135 Å². The number of hydrogen-bond acceptors (Lipinski definition) is 5. The zero-order valence-corrected chi connectivity index (χ0v) is 14.3. The number of likely N-dealkylation sites (tertiary alicyclic amines) is 1. The van der Waals surface area contributed by atoms with Crippen molar-refractivity contribution < 1.29 is 5.11 Å². The van der Waals surface area contributed by atoms with Crippen molar-refractivity contribution in [1.82, 2.24) is 14.8 Å². The van der Waals surface area contributed by atoms with Gasteiger partial charge in [0.2, 0.25) is 0 Å². The van der Waals surface area contributed by atoms with Crippen LogP contribution in [0, 0.1) is 19.3 Å². The van der Waals surface area contributed by atoms with Crippen molar-refractivity contribution in [2.24, 2.45) is 0 Å². The van der Waals surface area contributed by atoms with Crippen molar-refractivity contribution in [2.45, 2.75) is 39.7 Å². The summed E-state index contributed by atoms with van der Waals surface area (Å²) in [6.07, 6.45) is 2.42. The van der Waals surface area contributed by atoms with Gasteiger partial charge >= 0.3 is 0 Å². The molecule has 0 saturated carbocycles. The van der Waals surface area contributed by atoms with Gasteiger partial charge in [-0.1, -0.05) is 6.92 Å². The largest absolute Gasteiger partial charge is 0.510 e. The molecule has 1 aromatic heterocycles. The van der Waals surface area contributed by atoms with Crippen molar-refractivity contribution in [3.05, 3.63) is 21.3 Å². The summed E-state index contributed by atoms with van der Waals surface area (Å²) in [4.78, 5) is 10.1. The van der Waals surface area contributed by atoms with E-state index in [0.717, 1.165) is 35.2 Å². The number of hydrogen-bond donors (Lipinski definition) is 2. The molecule has 0 radical (unpaired) electrons. The van der Waals surface area contributed by atoms with Gasteiger partial charge in [-0.2, -0.15) is 0 Å². The van der Waals surface area contributed by atoms with E-state index in [1.54, 1.807) is 11.3 Å². The van der Waals surface area contributed by atoms with E-state index in [4.69, 9.17) is 5.41 Å². The van der Waals surface area contributed by atoms with E-state index < -0.39 is 0 Å². The number of aliphatic hydroxyl groups is 1. The molecule has 3 heterocycles.